The summed E-state index contributed by atoms with van der Waals surface area (Å²) < 4.78 is 6.30. The van der Waals surface area contributed by atoms with Crippen molar-refractivity contribution in [3.63, 3.8) is 0 Å². The van der Waals surface area contributed by atoms with Crippen LogP contribution in [0.1, 0.15) is 0 Å². The molecular weight excluding hydrogens is 277 g/mol. The summed E-state index contributed by atoms with van der Waals surface area (Å²) in [6.45, 7) is 0. The van der Waals surface area contributed by atoms with Crippen molar-refractivity contribution in [3.05, 3.63) is 52.1 Å². The Morgan fingerprint density at radius 2 is 2.00 bits per heavy atom. The average Bonchev–Trinajstić information content (AvgIpc) is 2.22. The second kappa shape index (κ2) is 4.64. The van der Waals surface area contributed by atoms with Crippen LogP contribution in [0.2, 0.25) is 5.02 Å². The van der Waals surface area contributed by atoms with Gasteiger partial charge >= 0.3 is 0 Å². The summed E-state index contributed by atoms with van der Waals surface area (Å²) in [4.78, 5) is 4.02. The summed E-state index contributed by atoms with van der Waals surface area (Å²) in [7, 11) is 0. The topological polar surface area (TPSA) is 22.1 Å². The third-order valence-electron chi connectivity index (χ3n) is 1.68. The van der Waals surface area contributed by atoms with Crippen LogP contribution in [0.15, 0.2) is 41.0 Å². The molecule has 1 aromatic heterocycles. The van der Waals surface area contributed by atoms with Crippen molar-refractivity contribution in [1.82, 2.24) is 4.98 Å². The van der Waals surface area contributed by atoms with Gasteiger partial charge in [-0.3, -0.25) is 0 Å². The van der Waals surface area contributed by atoms with Crippen LogP contribution in [-0.2, 0) is 0 Å². The van der Waals surface area contributed by atoms with E-state index in [9.17, 15) is 0 Å². The van der Waals surface area contributed by atoms with Crippen LogP contribution in [-0.4, -0.2) is 4.98 Å². The zero-order chi connectivity index (χ0) is 10.7. The van der Waals surface area contributed by atoms with Gasteiger partial charge in [0.15, 0.2) is 0 Å². The van der Waals surface area contributed by atoms with Crippen LogP contribution in [0.4, 0.5) is 0 Å². The molecule has 2 aromatic rings. The van der Waals surface area contributed by atoms with Gasteiger partial charge in [-0.1, -0.05) is 11.6 Å². The zero-order valence-corrected chi connectivity index (χ0v) is 9.92. The Morgan fingerprint density at radius 1 is 1.27 bits per heavy atom. The van der Waals surface area contributed by atoms with Gasteiger partial charge in [0.05, 0.1) is 0 Å². The standard InChI is InChI=1S/C11H6BrClNO/c12-8-5-6-14-11(7-8)15-10-3-1-9(13)2-4-10/h1-4,6-7H. The molecule has 0 amide bonds. The van der Waals surface area contributed by atoms with Crippen molar-refractivity contribution in [2.24, 2.45) is 0 Å². The third kappa shape index (κ3) is 2.94. The Morgan fingerprint density at radius 3 is 2.67 bits per heavy atom. The first-order chi connectivity index (χ1) is 7.24. The number of pyridine rings is 1. The number of ether oxygens (including phenoxy) is 1. The molecule has 1 heterocycles. The van der Waals surface area contributed by atoms with E-state index in [2.05, 4.69) is 27.0 Å². The number of hydrogen-bond acceptors (Lipinski definition) is 2. The minimum Gasteiger partial charge on any atom is -0.439 e. The molecule has 0 atom stereocenters. The Kier molecular flexibility index (Phi) is 3.23. The average molecular weight is 284 g/mol. The fourth-order valence-electron chi connectivity index (χ4n) is 1.02. The van der Waals surface area contributed by atoms with E-state index in [-0.39, 0.29) is 0 Å². The maximum atomic E-state index is 5.76. The lowest BCUT2D eigenvalue weighted by atomic mass is 10.3. The molecule has 0 fully saturated rings. The monoisotopic (exact) mass is 282 g/mol. The minimum atomic E-state index is 0.517. The van der Waals surface area contributed by atoms with Crippen LogP contribution in [0.25, 0.3) is 0 Å². The second-order valence-electron chi connectivity index (χ2n) is 2.79. The first kappa shape index (κ1) is 10.5. The molecule has 0 bridgehead atoms. The molecule has 15 heavy (non-hydrogen) atoms. The van der Waals surface area contributed by atoms with Gasteiger partial charge in [-0.15, -0.1) is 0 Å². The smallest absolute Gasteiger partial charge is 0.220 e. The highest BCUT2D eigenvalue weighted by Gasteiger charge is 1.99. The molecule has 0 aliphatic carbocycles. The van der Waals surface area contributed by atoms with Crippen LogP contribution < -0.4 is 4.74 Å². The highest BCUT2D eigenvalue weighted by Crippen LogP contribution is 2.22. The van der Waals surface area contributed by atoms with Gasteiger partial charge in [0, 0.05) is 27.8 Å². The van der Waals surface area contributed by atoms with Crippen molar-refractivity contribution in [2.75, 3.05) is 0 Å². The lowest BCUT2D eigenvalue weighted by Crippen LogP contribution is -1.86. The lowest BCUT2D eigenvalue weighted by molar-refractivity contribution is 0.462. The second-order valence-corrected chi connectivity index (χ2v) is 4.08. The highest BCUT2D eigenvalue weighted by molar-refractivity contribution is 9.10. The first-order valence-electron chi connectivity index (χ1n) is 4.21. The van der Waals surface area contributed by atoms with E-state index in [0.717, 1.165) is 4.47 Å². The van der Waals surface area contributed by atoms with Gasteiger partial charge in [-0.05, 0) is 40.2 Å². The predicted octanol–water partition coefficient (Wildman–Crippen LogP) is 4.09. The number of hydrogen-bond donors (Lipinski definition) is 0. The fourth-order valence-corrected chi connectivity index (χ4v) is 1.45. The van der Waals surface area contributed by atoms with Crippen molar-refractivity contribution in [1.29, 1.82) is 0 Å². The summed E-state index contributed by atoms with van der Waals surface area (Å²) in [5.41, 5.74) is 0. The minimum absolute atomic E-state index is 0.517. The van der Waals surface area contributed by atoms with Gasteiger partial charge in [-0.25, -0.2) is 4.98 Å². The molecule has 0 N–H and O–H groups in total. The van der Waals surface area contributed by atoms with Gasteiger partial charge in [0.25, 0.3) is 0 Å². The van der Waals surface area contributed by atoms with E-state index in [4.69, 9.17) is 16.3 Å². The van der Waals surface area contributed by atoms with E-state index in [1.54, 1.807) is 36.5 Å². The van der Waals surface area contributed by atoms with Crippen molar-refractivity contribution in [2.45, 2.75) is 0 Å². The number of nitrogens with zero attached hydrogens (tertiary/aromatic N) is 1. The molecule has 0 aliphatic heterocycles. The van der Waals surface area contributed by atoms with E-state index in [1.807, 2.05) is 0 Å². The number of aromatic nitrogens is 1. The zero-order valence-electron chi connectivity index (χ0n) is 7.58. The SMILES string of the molecule is Clc1ccc(Oc2cc(Br)[c]cn2)cc1. The summed E-state index contributed by atoms with van der Waals surface area (Å²) in [6, 6.07) is 11.7. The normalized spacial score (nSPS) is 10.0. The van der Waals surface area contributed by atoms with Crippen molar-refractivity contribution < 1.29 is 4.74 Å². The van der Waals surface area contributed by atoms with E-state index < -0.39 is 0 Å². The molecule has 0 aliphatic rings. The van der Waals surface area contributed by atoms with E-state index in [1.165, 1.54) is 0 Å². The van der Waals surface area contributed by atoms with Crippen LogP contribution >= 0.6 is 27.5 Å². The molecule has 0 unspecified atom stereocenters. The molecular formula is C11H6BrClNO. The maximum absolute atomic E-state index is 5.76. The molecule has 1 aromatic carbocycles. The summed E-state index contributed by atoms with van der Waals surface area (Å²) in [5.74, 6) is 1.22. The van der Waals surface area contributed by atoms with E-state index in [0.29, 0.717) is 16.7 Å². The molecule has 4 heteroatoms. The van der Waals surface area contributed by atoms with Crippen LogP contribution in [0, 0.1) is 6.07 Å². The molecule has 0 saturated heterocycles. The summed E-state index contributed by atoms with van der Waals surface area (Å²) in [6.07, 6.45) is 1.55. The van der Waals surface area contributed by atoms with Gasteiger partial charge < -0.3 is 4.74 Å². The maximum Gasteiger partial charge on any atom is 0.220 e. The molecule has 75 valence electrons. The Bertz CT molecular complexity index is 458. The van der Waals surface area contributed by atoms with Crippen LogP contribution in [0.5, 0.6) is 11.6 Å². The quantitative estimate of drug-likeness (QED) is 0.828. The first-order valence-corrected chi connectivity index (χ1v) is 5.38. The van der Waals surface area contributed by atoms with Crippen molar-refractivity contribution >= 4 is 27.5 Å². The Hall–Kier alpha value is -1.06. The molecule has 1 radical (unpaired) electrons. The van der Waals surface area contributed by atoms with Gasteiger partial charge in [0.2, 0.25) is 5.88 Å². The molecule has 2 rings (SSSR count). The third-order valence-corrected chi connectivity index (χ3v) is 2.39. The fraction of sp³-hybridized carbons (Fsp3) is 0. The number of benzene rings is 1. The van der Waals surface area contributed by atoms with Crippen LogP contribution in [0.3, 0.4) is 0 Å². The summed E-state index contributed by atoms with van der Waals surface area (Å²) >= 11 is 9.05. The lowest BCUT2D eigenvalue weighted by Gasteiger charge is -2.04. The predicted molar refractivity (Wildman–Crippen MR) is 62.3 cm³/mol. The highest BCUT2D eigenvalue weighted by atomic mass is 79.9. The number of rotatable bonds is 2. The van der Waals surface area contributed by atoms with Gasteiger partial charge in [-0.2, -0.15) is 0 Å². The summed E-state index contributed by atoms with van der Waals surface area (Å²) in [5, 5.41) is 0.679. The molecule has 0 saturated carbocycles. The van der Waals surface area contributed by atoms with Gasteiger partial charge in [0.1, 0.15) is 5.75 Å². The van der Waals surface area contributed by atoms with Crippen molar-refractivity contribution in [3.8, 4) is 11.6 Å². The largest absolute Gasteiger partial charge is 0.439 e. The molecule has 0 spiro atoms. The Labute approximate surface area is 101 Å². The molecule has 2 nitrogen and oxygen atoms in total. The number of halogens is 2. The Balaban J connectivity index is 2.18. The van der Waals surface area contributed by atoms with E-state index >= 15 is 0 Å².